The molecule has 1 aromatic carbocycles. The van der Waals surface area contributed by atoms with Gasteiger partial charge in [0.05, 0.1) is 0 Å². The van der Waals surface area contributed by atoms with Crippen LogP contribution in [-0.4, -0.2) is 27.6 Å². The second kappa shape index (κ2) is 8.45. The fraction of sp³-hybridized carbons (Fsp3) is 0.500. The maximum Gasteiger partial charge on any atom is 0.224 e. The zero-order chi connectivity index (χ0) is 17.0. The quantitative estimate of drug-likeness (QED) is 0.758. The molecule has 136 valence electrons. The van der Waals surface area contributed by atoms with Gasteiger partial charge in [0.25, 0.3) is 0 Å². The molecule has 1 aliphatic rings. The number of carbonyl (C=O) groups is 1. The van der Waals surface area contributed by atoms with Gasteiger partial charge in [0.1, 0.15) is 5.82 Å². The molecular formula is C18H26ClN5O. The number of nitrogens with one attached hydrogen (secondary N) is 2. The normalized spacial score (nSPS) is 16.1. The monoisotopic (exact) mass is 363 g/mol. The van der Waals surface area contributed by atoms with E-state index in [-0.39, 0.29) is 23.7 Å². The van der Waals surface area contributed by atoms with Crippen LogP contribution < -0.4 is 11.1 Å². The van der Waals surface area contributed by atoms with Crippen LogP contribution in [0.15, 0.2) is 24.3 Å². The van der Waals surface area contributed by atoms with E-state index in [0.29, 0.717) is 18.8 Å². The SMILES string of the molecule is Cc1nc(-c2cccc(NC(=O)CC3(CN)CCCCC3)c2)n[nH]1.Cl. The van der Waals surface area contributed by atoms with E-state index in [2.05, 4.69) is 20.5 Å². The molecule has 4 N–H and O–H groups in total. The smallest absolute Gasteiger partial charge is 0.224 e. The van der Waals surface area contributed by atoms with Gasteiger partial charge in [-0.1, -0.05) is 31.4 Å². The van der Waals surface area contributed by atoms with E-state index in [0.717, 1.165) is 29.9 Å². The summed E-state index contributed by atoms with van der Waals surface area (Å²) in [7, 11) is 0. The first-order valence-corrected chi connectivity index (χ1v) is 8.60. The highest BCUT2D eigenvalue weighted by atomic mass is 35.5. The molecule has 0 aliphatic heterocycles. The Morgan fingerprint density at radius 1 is 1.32 bits per heavy atom. The molecule has 1 aliphatic carbocycles. The Balaban J connectivity index is 0.00000225. The van der Waals surface area contributed by atoms with E-state index in [1.54, 1.807) is 0 Å². The lowest BCUT2D eigenvalue weighted by atomic mass is 9.71. The van der Waals surface area contributed by atoms with Crippen molar-refractivity contribution in [1.29, 1.82) is 0 Å². The van der Waals surface area contributed by atoms with Gasteiger partial charge in [0.2, 0.25) is 5.91 Å². The maximum atomic E-state index is 12.5. The van der Waals surface area contributed by atoms with Crippen molar-refractivity contribution in [3.8, 4) is 11.4 Å². The number of aryl methyl sites for hydroxylation is 1. The van der Waals surface area contributed by atoms with Crippen molar-refractivity contribution in [2.75, 3.05) is 11.9 Å². The van der Waals surface area contributed by atoms with Crippen LogP contribution in [0.2, 0.25) is 0 Å². The minimum atomic E-state index is -0.0270. The number of nitrogens with zero attached hydrogens (tertiary/aromatic N) is 2. The topological polar surface area (TPSA) is 96.7 Å². The number of aromatic amines is 1. The molecule has 0 unspecified atom stereocenters. The van der Waals surface area contributed by atoms with Gasteiger partial charge in [-0.05, 0) is 43.9 Å². The van der Waals surface area contributed by atoms with Crippen LogP contribution >= 0.6 is 12.4 Å². The first kappa shape index (κ1) is 19.4. The van der Waals surface area contributed by atoms with Crippen LogP contribution in [0.25, 0.3) is 11.4 Å². The van der Waals surface area contributed by atoms with Crippen molar-refractivity contribution in [2.24, 2.45) is 11.1 Å². The number of aromatic nitrogens is 3. The summed E-state index contributed by atoms with van der Waals surface area (Å²) < 4.78 is 0. The second-order valence-corrected chi connectivity index (χ2v) is 6.81. The van der Waals surface area contributed by atoms with Crippen molar-refractivity contribution in [1.82, 2.24) is 15.2 Å². The third kappa shape index (κ3) is 4.80. The fourth-order valence-corrected chi connectivity index (χ4v) is 3.51. The van der Waals surface area contributed by atoms with Gasteiger partial charge in [0, 0.05) is 17.7 Å². The molecular weight excluding hydrogens is 338 g/mol. The van der Waals surface area contributed by atoms with E-state index < -0.39 is 0 Å². The summed E-state index contributed by atoms with van der Waals surface area (Å²) in [6.07, 6.45) is 6.18. The van der Waals surface area contributed by atoms with E-state index in [1.165, 1.54) is 19.3 Å². The van der Waals surface area contributed by atoms with E-state index in [4.69, 9.17) is 5.73 Å². The Labute approximate surface area is 154 Å². The third-order valence-corrected chi connectivity index (χ3v) is 4.88. The van der Waals surface area contributed by atoms with E-state index >= 15 is 0 Å². The zero-order valence-electron chi connectivity index (χ0n) is 14.5. The Kier molecular flexibility index (Phi) is 6.56. The van der Waals surface area contributed by atoms with Gasteiger partial charge >= 0.3 is 0 Å². The average molecular weight is 364 g/mol. The van der Waals surface area contributed by atoms with Crippen LogP contribution in [0, 0.1) is 12.3 Å². The molecule has 7 heteroatoms. The minimum absolute atomic E-state index is 0. The van der Waals surface area contributed by atoms with Crippen LogP contribution in [0.3, 0.4) is 0 Å². The number of amides is 1. The van der Waals surface area contributed by atoms with Crippen LogP contribution in [0.1, 0.15) is 44.3 Å². The third-order valence-electron chi connectivity index (χ3n) is 4.88. The van der Waals surface area contributed by atoms with Crippen molar-refractivity contribution < 1.29 is 4.79 Å². The van der Waals surface area contributed by atoms with Gasteiger partial charge in [0.15, 0.2) is 5.82 Å². The number of benzene rings is 1. The molecule has 0 atom stereocenters. The molecule has 1 aromatic heterocycles. The standard InChI is InChI=1S/C18H25N5O.ClH/c1-13-20-17(23-22-13)14-6-5-7-15(10-14)21-16(24)11-18(12-19)8-3-2-4-9-18;/h5-7,10H,2-4,8-9,11-12,19H2,1H3,(H,21,24)(H,20,22,23);1H. The highest BCUT2D eigenvalue weighted by molar-refractivity contribution is 5.91. The Morgan fingerprint density at radius 3 is 2.72 bits per heavy atom. The fourth-order valence-electron chi connectivity index (χ4n) is 3.51. The lowest BCUT2D eigenvalue weighted by molar-refractivity contribution is -0.118. The molecule has 1 amide bonds. The van der Waals surface area contributed by atoms with Crippen molar-refractivity contribution in [3.05, 3.63) is 30.1 Å². The average Bonchev–Trinajstić information content (AvgIpc) is 3.02. The summed E-state index contributed by atoms with van der Waals surface area (Å²) in [5.41, 5.74) is 7.60. The van der Waals surface area contributed by atoms with Crippen LogP contribution in [-0.2, 0) is 4.79 Å². The summed E-state index contributed by atoms with van der Waals surface area (Å²) in [5.74, 6) is 1.43. The van der Waals surface area contributed by atoms with Gasteiger partial charge in [-0.15, -0.1) is 12.4 Å². The number of hydrogen-bond acceptors (Lipinski definition) is 4. The molecule has 2 aromatic rings. The molecule has 0 spiro atoms. The molecule has 0 radical (unpaired) electrons. The highest BCUT2D eigenvalue weighted by Gasteiger charge is 2.32. The lowest BCUT2D eigenvalue weighted by Crippen LogP contribution is -2.36. The molecule has 1 fully saturated rings. The van der Waals surface area contributed by atoms with Gasteiger partial charge in [-0.25, -0.2) is 4.98 Å². The number of anilines is 1. The van der Waals surface area contributed by atoms with Crippen molar-refractivity contribution in [2.45, 2.75) is 45.4 Å². The molecule has 0 bridgehead atoms. The predicted octanol–water partition coefficient (Wildman–Crippen LogP) is 3.44. The highest BCUT2D eigenvalue weighted by Crippen LogP contribution is 2.38. The molecule has 0 saturated heterocycles. The summed E-state index contributed by atoms with van der Waals surface area (Å²) in [6.45, 7) is 2.44. The minimum Gasteiger partial charge on any atom is -0.330 e. The number of halogens is 1. The number of nitrogens with two attached hydrogens (primary N) is 1. The van der Waals surface area contributed by atoms with Crippen LogP contribution in [0.5, 0.6) is 0 Å². The summed E-state index contributed by atoms with van der Waals surface area (Å²) in [5, 5.41) is 10.00. The van der Waals surface area contributed by atoms with E-state index in [9.17, 15) is 4.79 Å². The second-order valence-electron chi connectivity index (χ2n) is 6.81. The van der Waals surface area contributed by atoms with Gasteiger partial charge in [-0.2, -0.15) is 5.10 Å². The Hall–Kier alpha value is -1.92. The summed E-state index contributed by atoms with van der Waals surface area (Å²) in [6, 6.07) is 7.62. The molecule has 6 nitrogen and oxygen atoms in total. The first-order valence-electron chi connectivity index (χ1n) is 8.60. The Morgan fingerprint density at radius 2 is 2.08 bits per heavy atom. The first-order chi connectivity index (χ1) is 11.6. The van der Waals surface area contributed by atoms with Crippen LogP contribution in [0.4, 0.5) is 5.69 Å². The maximum absolute atomic E-state index is 12.5. The number of rotatable bonds is 5. The van der Waals surface area contributed by atoms with E-state index in [1.807, 2.05) is 31.2 Å². The molecule has 1 heterocycles. The number of carbonyl (C=O) groups excluding carboxylic acids is 1. The van der Waals surface area contributed by atoms with Gasteiger partial charge < -0.3 is 11.1 Å². The molecule has 1 saturated carbocycles. The van der Waals surface area contributed by atoms with Crippen molar-refractivity contribution >= 4 is 24.0 Å². The molecule has 3 rings (SSSR count). The Bertz CT molecular complexity index is 709. The number of H-pyrrole nitrogens is 1. The lowest BCUT2D eigenvalue weighted by Gasteiger charge is -2.35. The number of hydrogen-bond donors (Lipinski definition) is 3. The summed E-state index contributed by atoms with van der Waals surface area (Å²) >= 11 is 0. The summed E-state index contributed by atoms with van der Waals surface area (Å²) in [4.78, 5) is 16.8. The predicted molar refractivity (Wildman–Crippen MR) is 102 cm³/mol. The van der Waals surface area contributed by atoms with Crippen molar-refractivity contribution in [3.63, 3.8) is 0 Å². The van der Waals surface area contributed by atoms with Gasteiger partial charge in [-0.3, -0.25) is 9.89 Å². The zero-order valence-corrected chi connectivity index (χ0v) is 15.4. The largest absolute Gasteiger partial charge is 0.330 e. The molecule has 25 heavy (non-hydrogen) atoms.